The molecular weight excluding hydrogens is 316 g/mol. The maximum absolute atomic E-state index is 12.7. The molecule has 130 valence electrons. The molecule has 1 aromatic carbocycles. The summed E-state index contributed by atoms with van der Waals surface area (Å²) in [6.07, 6.45) is 2.11. The molecule has 2 aliphatic rings. The molecule has 1 unspecified atom stereocenters. The number of piperidine rings is 1. The monoisotopic (exact) mass is 338 g/mol. The van der Waals surface area contributed by atoms with Gasteiger partial charge < -0.3 is 15.0 Å². The van der Waals surface area contributed by atoms with Crippen LogP contribution in [0.4, 0.5) is 5.82 Å². The molecule has 6 heteroatoms. The highest BCUT2D eigenvalue weighted by molar-refractivity contribution is 5.82. The van der Waals surface area contributed by atoms with E-state index in [2.05, 4.69) is 15.5 Å². The molecule has 0 spiro atoms. The van der Waals surface area contributed by atoms with Gasteiger partial charge in [0.1, 0.15) is 11.6 Å². The number of rotatable bonds is 3. The van der Waals surface area contributed by atoms with Crippen LogP contribution in [-0.4, -0.2) is 46.2 Å². The highest BCUT2D eigenvalue weighted by Crippen LogP contribution is 2.29. The Morgan fingerprint density at radius 3 is 2.68 bits per heavy atom. The zero-order valence-corrected chi connectivity index (χ0v) is 14.3. The molecule has 6 nitrogen and oxygen atoms in total. The molecular formula is C19H22N4O2. The third-order valence-electron chi connectivity index (χ3n) is 4.88. The minimum atomic E-state index is -0.370. The van der Waals surface area contributed by atoms with Crippen molar-refractivity contribution in [1.82, 2.24) is 15.1 Å². The summed E-state index contributed by atoms with van der Waals surface area (Å²) in [5.74, 6) is 1.74. The number of fused-ring (bicyclic) bond motifs is 1. The van der Waals surface area contributed by atoms with Gasteiger partial charge in [0, 0.05) is 25.6 Å². The van der Waals surface area contributed by atoms with E-state index in [9.17, 15) is 4.79 Å². The number of carbonyl (C=O) groups excluding carboxylic acids is 1. The van der Waals surface area contributed by atoms with Crippen LogP contribution in [0.15, 0.2) is 36.4 Å². The fourth-order valence-electron chi connectivity index (χ4n) is 3.45. The Balaban J connectivity index is 1.30. The maximum Gasteiger partial charge on any atom is 0.263 e. The van der Waals surface area contributed by atoms with E-state index in [1.807, 2.05) is 48.2 Å². The lowest BCUT2D eigenvalue weighted by molar-refractivity contribution is -0.138. The van der Waals surface area contributed by atoms with E-state index in [1.165, 1.54) is 0 Å². The molecule has 0 radical (unpaired) electrons. The summed E-state index contributed by atoms with van der Waals surface area (Å²) in [5.41, 5.74) is 2.03. The standard InChI is InChI=1S/C19H22N4O2/c1-13-6-7-18(22-21-13)20-15-8-10-23(11-9-15)19(24)17-12-14-4-2-3-5-16(14)25-17/h2-7,15,17H,8-12H2,1H3,(H,20,22). The summed E-state index contributed by atoms with van der Waals surface area (Å²) >= 11 is 0. The van der Waals surface area contributed by atoms with Crippen LogP contribution < -0.4 is 10.1 Å². The van der Waals surface area contributed by atoms with Gasteiger partial charge in [-0.1, -0.05) is 18.2 Å². The van der Waals surface area contributed by atoms with Crippen LogP contribution in [0, 0.1) is 6.92 Å². The van der Waals surface area contributed by atoms with Gasteiger partial charge in [-0.15, -0.1) is 5.10 Å². The van der Waals surface area contributed by atoms with E-state index < -0.39 is 0 Å². The van der Waals surface area contributed by atoms with Gasteiger partial charge in [-0.05, 0) is 43.5 Å². The minimum Gasteiger partial charge on any atom is -0.480 e. The first-order chi connectivity index (χ1) is 12.2. The predicted molar refractivity (Wildman–Crippen MR) is 94.6 cm³/mol. The van der Waals surface area contributed by atoms with Crippen molar-refractivity contribution in [3.63, 3.8) is 0 Å². The Hall–Kier alpha value is -2.63. The van der Waals surface area contributed by atoms with Crippen LogP contribution in [0.25, 0.3) is 0 Å². The van der Waals surface area contributed by atoms with Gasteiger partial charge in [0.25, 0.3) is 5.91 Å². The molecule has 3 heterocycles. The van der Waals surface area contributed by atoms with Crippen molar-refractivity contribution in [1.29, 1.82) is 0 Å². The van der Waals surface area contributed by atoms with Crippen LogP contribution in [-0.2, 0) is 11.2 Å². The first kappa shape index (κ1) is 15.9. The molecule has 1 saturated heterocycles. The van der Waals surface area contributed by atoms with Crippen molar-refractivity contribution in [2.75, 3.05) is 18.4 Å². The molecule has 1 aromatic heterocycles. The van der Waals surface area contributed by atoms with Gasteiger partial charge >= 0.3 is 0 Å². The van der Waals surface area contributed by atoms with E-state index in [4.69, 9.17) is 4.74 Å². The summed E-state index contributed by atoms with van der Waals surface area (Å²) in [5, 5.41) is 11.6. The minimum absolute atomic E-state index is 0.102. The third-order valence-corrected chi connectivity index (χ3v) is 4.88. The van der Waals surface area contributed by atoms with Crippen LogP contribution in [0.2, 0.25) is 0 Å². The lowest BCUT2D eigenvalue weighted by Crippen LogP contribution is -2.47. The molecule has 1 amide bonds. The number of hydrogen-bond donors (Lipinski definition) is 1. The van der Waals surface area contributed by atoms with E-state index in [-0.39, 0.29) is 12.0 Å². The fraction of sp³-hybridized carbons (Fsp3) is 0.421. The smallest absolute Gasteiger partial charge is 0.263 e. The molecule has 1 N–H and O–H groups in total. The van der Waals surface area contributed by atoms with Crippen molar-refractivity contribution < 1.29 is 9.53 Å². The molecule has 0 bridgehead atoms. The number of ether oxygens (including phenoxy) is 1. The fourth-order valence-corrected chi connectivity index (χ4v) is 3.45. The number of nitrogens with one attached hydrogen (secondary N) is 1. The SMILES string of the molecule is Cc1ccc(NC2CCN(C(=O)C3Cc4ccccc4O3)CC2)nn1. The van der Waals surface area contributed by atoms with Crippen molar-refractivity contribution >= 4 is 11.7 Å². The average Bonchev–Trinajstić information content (AvgIpc) is 3.08. The summed E-state index contributed by atoms with van der Waals surface area (Å²) < 4.78 is 5.83. The van der Waals surface area contributed by atoms with E-state index in [0.717, 1.165) is 48.8 Å². The second-order valence-corrected chi connectivity index (χ2v) is 6.72. The van der Waals surface area contributed by atoms with Gasteiger partial charge in [-0.3, -0.25) is 4.79 Å². The van der Waals surface area contributed by atoms with Crippen molar-refractivity contribution in [3.8, 4) is 5.75 Å². The summed E-state index contributed by atoms with van der Waals surface area (Å²) in [6, 6.07) is 12.1. The second kappa shape index (κ2) is 6.70. The number of aryl methyl sites for hydroxylation is 1. The van der Waals surface area contributed by atoms with E-state index in [1.54, 1.807) is 0 Å². The average molecular weight is 338 g/mol. The van der Waals surface area contributed by atoms with Gasteiger partial charge in [0.05, 0.1) is 5.69 Å². The number of amides is 1. The quantitative estimate of drug-likeness (QED) is 0.929. The molecule has 2 aromatic rings. The number of benzene rings is 1. The maximum atomic E-state index is 12.7. The Morgan fingerprint density at radius 2 is 1.96 bits per heavy atom. The Bertz CT molecular complexity index is 729. The first-order valence-corrected chi connectivity index (χ1v) is 8.79. The van der Waals surface area contributed by atoms with Crippen LogP contribution in [0.5, 0.6) is 5.75 Å². The molecule has 25 heavy (non-hydrogen) atoms. The van der Waals surface area contributed by atoms with Gasteiger partial charge in [0.15, 0.2) is 6.10 Å². The number of para-hydroxylation sites is 1. The summed E-state index contributed by atoms with van der Waals surface area (Å²) in [4.78, 5) is 14.7. The van der Waals surface area contributed by atoms with Crippen molar-refractivity contribution in [2.24, 2.45) is 0 Å². The lowest BCUT2D eigenvalue weighted by Gasteiger charge is -2.33. The zero-order chi connectivity index (χ0) is 17.2. The van der Waals surface area contributed by atoms with Crippen LogP contribution in [0.1, 0.15) is 24.1 Å². The molecule has 2 aliphatic heterocycles. The normalized spacial score (nSPS) is 20.0. The number of hydrogen-bond acceptors (Lipinski definition) is 5. The Kier molecular flexibility index (Phi) is 4.26. The van der Waals surface area contributed by atoms with E-state index in [0.29, 0.717) is 12.5 Å². The Morgan fingerprint density at radius 1 is 1.16 bits per heavy atom. The molecule has 1 fully saturated rings. The summed E-state index contributed by atoms with van der Waals surface area (Å²) in [7, 11) is 0. The third kappa shape index (κ3) is 3.43. The van der Waals surface area contributed by atoms with Crippen molar-refractivity contribution in [2.45, 2.75) is 38.3 Å². The molecule has 0 saturated carbocycles. The molecule has 1 atom stereocenters. The number of aromatic nitrogens is 2. The first-order valence-electron chi connectivity index (χ1n) is 8.79. The highest BCUT2D eigenvalue weighted by atomic mass is 16.5. The Labute approximate surface area is 147 Å². The number of nitrogens with zero attached hydrogens (tertiary/aromatic N) is 3. The summed E-state index contributed by atoms with van der Waals surface area (Å²) in [6.45, 7) is 3.41. The van der Waals surface area contributed by atoms with Gasteiger partial charge in [0.2, 0.25) is 0 Å². The number of likely N-dealkylation sites (tertiary alicyclic amines) is 1. The number of anilines is 1. The zero-order valence-electron chi connectivity index (χ0n) is 14.3. The highest BCUT2D eigenvalue weighted by Gasteiger charge is 2.33. The van der Waals surface area contributed by atoms with Crippen molar-refractivity contribution in [3.05, 3.63) is 47.7 Å². The van der Waals surface area contributed by atoms with Crippen LogP contribution >= 0.6 is 0 Å². The predicted octanol–water partition coefficient (Wildman–Crippen LogP) is 2.19. The van der Waals surface area contributed by atoms with Crippen LogP contribution in [0.3, 0.4) is 0 Å². The number of carbonyl (C=O) groups is 1. The lowest BCUT2D eigenvalue weighted by atomic mass is 10.0. The van der Waals surface area contributed by atoms with E-state index >= 15 is 0 Å². The molecule has 0 aliphatic carbocycles. The van der Waals surface area contributed by atoms with Gasteiger partial charge in [-0.25, -0.2) is 0 Å². The topological polar surface area (TPSA) is 67.4 Å². The largest absolute Gasteiger partial charge is 0.480 e. The second-order valence-electron chi connectivity index (χ2n) is 6.72. The molecule has 4 rings (SSSR count). The van der Waals surface area contributed by atoms with Gasteiger partial charge in [-0.2, -0.15) is 5.10 Å².